The third-order valence-corrected chi connectivity index (χ3v) is 3.19. The van der Waals surface area contributed by atoms with Gasteiger partial charge in [-0.05, 0) is 37.1 Å². The molecule has 2 heterocycles. The normalized spacial score (nSPS) is 10.8. The van der Waals surface area contributed by atoms with Crippen LogP contribution in [0, 0.1) is 13.8 Å². The number of aryl methyl sites for hydroxylation is 2. The van der Waals surface area contributed by atoms with E-state index in [-0.39, 0.29) is 0 Å². The van der Waals surface area contributed by atoms with Crippen LogP contribution in [0.3, 0.4) is 0 Å². The number of nitrogens with zero attached hydrogens (tertiary/aromatic N) is 3. The molecule has 6 heteroatoms. The van der Waals surface area contributed by atoms with Crippen molar-refractivity contribution in [2.75, 3.05) is 12.4 Å². The maximum atomic E-state index is 5.88. The lowest BCUT2D eigenvalue weighted by Gasteiger charge is -2.09. The zero-order chi connectivity index (χ0) is 14.1. The van der Waals surface area contributed by atoms with E-state index in [1.54, 1.807) is 13.2 Å². The summed E-state index contributed by atoms with van der Waals surface area (Å²) in [7, 11) is 1.76. The molecule has 102 valence electrons. The van der Waals surface area contributed by atoms with Crippen molar-refractivity contribution in [1.29, 1.82) is 0 Å². The smallest absolute Gasteiger partial charge is 0.235 e. The number of hydrogen-bond donors (Lipinski definition) is 2. The minimum absolute atomic E-state index is 0.483. The molecule has 20 heavy (non-hydrogen) atoms. The molecule has 0 saturated carbocycles. The molecule has 0 unspecified atom stereocenters. The van der Waals surface area contributed by atoms with Gasteiger partial charge in [-0.1, -0.05) is 6.07 Å². The van der Waals surface area contributed by atoms with Gasteiger partial charge < -0.3 is 10.1 Å². The molecule has 2 aromatic heterocycles. The Kier molecular flexibility index (Phi) is 2.98. The van der Waals surface area contributed by atoms with Crippen LogP contribution in [0.4, 0.5) is 5.95 Å². The summed E-state index contributed by atoms with van der Waals surface area (Å²) in [6.45, 7) is 4.12. The molecular formula is C14H15N5O. The molecule has 2 N–H and O–H groups in total. The summed E-state index contributed by atoms with van der Waals surface area (Å²) >= 11 is 0. The van der Waals surface area contributed by atoms with Gasteiger partial charge in [-0.15, -0.1) is 0 Å². The highest BCUT2D eigenvalue weighted by Crippen LogP contribution is 2.28. The predicted octanol–water partition coefficient (Wildman–Crippen LogP) is 2.80. The van der Waals surface area contributed by atoms with Gasteiger partial charge in [0.25, 0.3) is 0 Å². The largest absolute Gasteiger partial charge is 0.438 e. The number of rotatable bonds is 3. The van der Waals surface area contributed by atoms with Gasteiger partial charge in [0.15, 0.2) is 5.65 Å². The summed E-state index contributed by atoms with van der Waals surface area (Å²) < 4.78 is 5.88. The molecule has 0 spiro atoms. The van der Waals surface area contributed by atoms with Crippen molar-refractivity contribution < 1.29 is 4.74 Å². The lowest BCUT2D eigenvalue weighted by atomic mass is 10.1. The number of H-pyrrole nitrogens is 1. The molecule has 0 fully saturated rings. The van der Waals surface area contributed by atoms with Gasteiger partial charge in [0.1, 0.15) is 11.1 Å². The first-order valence-corrected chi connectivity index (χ1v) is 6.31. The SMILES string of the molecule is CNc1nc(Oc2ccc(C)c(C)c2)c2cn[nH]c2n1. The average Bonchev–Trinajstić information content (AvgIpc) is 2.91. The second-order valence-corrected chi connectivity index (χ2v) is 4.58. The molecule has 0 atom stereocenters. The van der Waals surface area contributed by atoms with Crippen LogP contribution in [0.15, 0.2) is 24.4 Å². The Labute approximate surface area is 116 Å². The first-order chi connectivity index (χ1) is 9.67. The first-order valence-electron chi connectivity index (χ1n) is 6.31. The van der Waals surface area contributed by atoms with Gasteiger partial charge in [0, 0.05) is 7.05 Å². The van der Waals surface area contributed by atoms with Crippen molar-refractivity contribution in [2.45, 2.75) is 13.8 Å². The number of benzene rings is 1. The van der Waals surface area contributed by atoms with Crippen molar-refractivity contribution in [1.82, 2.24) is 20.2 Å². The monoisotopic (exact) mass is 269 g/mol. The first kappa shape index (κ1) is 12.4. The molecule has 0 amide bonds. The zero-order valence-electron chi connectivity index (χ0n) is 11.6. The van der Waals surface area contributed by atoms with Crippen LogP contribution >= 0.6 is 0 Å². The Bertz CT molecular complexity index is 765. The van der Waals surface area contributed by atoms with E-state index in [2.05, 4.69) is 39.3 Å². The fourth-order valence-corrected chi connectivity index (χ4v) is 1.89. The summed E-state index contributed by atoms with van der Waals surface area (Å²) in [6, 6.07) is 5.94. The quantitative estimate of drug-likeness (QED) is 0.764. The predicted molar refractivity (Wildman–Crippen MR) is 77.2 cm³/mol. The second-order valence-electron chi connectivity index (χ2n) is 4.58. The van der Waals surface area contributed by atoms with Crippen LogP contribution in [-0.2, 0) is 0 Å². The number of hydrogen-bond acceptors (Lipinski definition) is 5. The Balaban J connectivity index is 2.04. The van der Waals surface area contributed by atoms with Crippen molar-refractivity contribution in [2.24, 2.45) is 0 Å². The molecule has 0 aliphatic heterocycles. The van der Waals surface area contributed by atoms with E-state index in [0.717, 1.165) is 11.1 Å². The summed E-state index contributed by atoms with van der Waals surface area (Å²) in [4.78, 5) is 8.60. The Morgan fingerprint density at radius 2 is 2.00 bits per heavy atom. The fourth-order valence-electron chi connectivity index (χ4n) is 1.89. The van der Waals surface area contributed by atoms with Crippen LogP contribution in [0.2, 0.25) is 0 Å². The highest BCUT2D eigenvalue weighted by molar-refractivity contribution is 5.80. The highest BCUT2D eigenvalue weighted by Gasteiger charge is 2.11. The van der Waals surface area contributed by atoms with Gasteiger partial charge in [-0.25, -0.2) is 0 Å². The maximum Gasteiger partial charge on any atom is 0.235 e. The molecule has 0 aliphatic carbocycles. The molecule has 1 aromatic carbocycles. The van der Waals surface area contributed by atoms with Gasteiger partial charge in [-0.2, -0.15) is 15.1 Å². The van der Waals surface area contributed by atoms with Gasteiger partial charge in [0.2, 0.25) is 11.8 Å². The summed E-state index contributed by atoms with van der Waals surface area (Å²) in [5.74, 6) is 1.72. The van der Waals surface area contributed by atoms with Crippen LogP contribution in [0.5, 0.6) is 11.6 Å². The molecule has 3 rings (SSSR count). The molecule has 0 saturated heterocycles. The van der Waals surface area contributed by atoms with Crippen LogP contribution in [-0.4, -0.2) is 27.2 Å². The zero-order valence-corrected chi connectivity index (χ0v) is 11.6. The van der Waals surface area contributed by atoms with Crippen molar-refractivity contribution in [3.8, 4) is 11.6 Å². The van der Waals surface area contributed by atoms with E-state index >= 15 is 0 Å². The van der Waals surface area contributed by atoms with E-state index in [0.29, 0.717) is 17.5 Å². The van der Waals surface area contributed by atoms with E-state index in [1.165, 1.54) is 11.1 Å². The van der Waals surface area contributed by atoms with E-state index in [1.807, 2.05) is 18.2 Å². The fraction of sp³-hybridized carbons (Fsp3) is 0.214. The lowest BCUT2D eigenvalue weighted by Crippen LogP contribution is -1.99. The van der Waals surface area contributed by atoms with Gasteiger partial charge in [-0.3, -0.25) is 5.10 Å². The Hall–Kier alpha value is -2.63. The average molecular weight is 269 g/mol. The molecule has 0 radical (unpaired) electrons. The Morgan fingerprint density at radius 1 is 1.15 bits per heavy atom. The number of aromatic amines is 1. The third kappa shape index (κ3) is 2.16. The number of aromatic nitrogens is 4. The lowest BCUT2D eigenvalue weighted by molar-refractivity contribution is 0.468. The topological polar surface area (TPSA) is 75.7 Å². The van der Waals surface area contributed by atoms with Crippen LogP contribution in [0.1, 0.15) is 11.1 Å². The van der Waals surface area contributed by atoms with Gasteiger partial charge >= 0.3 is 0 Å². The van der Waals surface area contributed by atoms with Crippen molar-refractivity contribution in [3.63, 3.8) is 0 Å². The van der Waals surface area contributed by atoms with E-state index in [4.69, 9.17) is 4.74 Å². The number of ether oxygens (including phenoxy) is 1. The summed E-state index contributed by atoms with van der Waals surface area (Å²) in [5.41, 5.74) is 3.04. The van der Waals surface area contributed by atoms with Crippen molar-refractivity contribution >= 4 is 17.0 Å². The van der Waals surface area contributed by atoms with E-state index in [9.17, 15) is 0 Å². The van der Waals surface area contributed by atoms with Crippen LogP contribution in [0.25, 0.3) is 11.0 Å². The molecule has 0 bridgehead atoms. The molecule has 0 aliphatic rings. The number of anilines is 1. The standard InChI is InChI=1S/C14H15N5O/c1-8-4-5-10(6-9(8)2)20-13-11-7-16-19-12(11)17-14(15-3)18-13/h4-7H,1-3H3,(H2,15,16,17,18,19). The molecule has 3 aromatic rings. The summed E-state index contributed by atoms with van der Waals surface area (Å²) in [5, 5.41) is 10.5. The molecular weight excluding hydrogens is 254 g/mol. The molecule has 6 nitrogen and oxygen atoms in total. The minimum atomic E-state index is 0.483. The second kappa shape index (κ2) is 4.80. The van der Waals surface area contributed by atoms with Crippen LogP contribution < -0.4 is 10.1 Å². The minimum Gasteiger partial charge on any atom is -0.438 e. The number of fused-ring (bicyclic) bond motifs is 1. The highest BCUT2D eigenvalue weighted by atomic mass is 16.5. The third-order valence-electron chi connectivity index (χ3n) is 3.19. The summed E-state index contributed by atoms with van der Waals surface area (Å²) in [6.07, 6.45) is 1.66. The number of nitrogens with one attached hydrogen (secondary N) is 2. The van der Waals surface area contributed by atoms with Gasteiger partial charge in [0.05, 0.1) is 6.20 Å². The Morgan fingerprint density at radius 3 is 2.75 bits per heavy atom. The maximum absolute atomic E-state index is 5.88. The van der Waals surface area contributed by atoms with E-state index < -0.39 is 0 Å². The van der Waals surface area contributed by atoms with Crippen molar-refractivity contribution in [3.05, 3.63) is 35.5 Å².